The fourth-order valence-corrected chi connectivity index (χ4v) is 3.59. The molecule has 0 aliphatic carbocycles. The van der Waals surface area contributed by atoms with Crippen molar-refractivity contribution in [1.82, 2.24) is 5.32 Å². The van der Waals surface area contributed by atoms with Gasteiger partial charge < -0.3 is 10.2 Å². The normalized spacial score (nSPS) is 23.2. The van der Waals surface area contributed by atoms with Crippen molar-refractivity contribution < 1.29 is 0 Å². The molecule has 1 N–H and O–H groups in total. The van der Waals surface area contributed by atoms with Crippen LogP contribution in [-0.4, -0.2) is 26.7 Å². The van der Waals surface area contributed by atoms with E-state index in [1.165, 1.54) is 51.0 Å². The van der Waals surface area contributed by atoms with Gasteiger partial charge in [0, 0.05) is 19.3 Å². The summed E-state index contributed by atoms with van der Waals surface area (Å²) >= 11 is 0. The summed E-state index contributed by atoms with van der Waals surface area (Å²) in [6.45, 7) is 3.56. The van der Waals surface area contributed by atoms with Crippen LogP contribution in [0.5, 0.6) is 0 Å². The van der Waals surface area contributed by atoms with Gasteiger partial charge >= 0.3 is 0 Å². The standard InChI is InChI=1S/C15H22N2/c1-17-12-4-7-15(8-10-16-11-9-15)13-5-2-3-6-14(13)17/h2-3,5-6,16H,4,7-12H2,1H3. The minimum atomic E-state index is 0.451. The van der Waals surface area contributed by atoms with E-state index in [0.717, 1.165) is 0 Å². The summed E-state index contributed by atoms with van der Waals surface area (Å²) in [5.74, 6) is 0. The van der Waals surface area contributed by atoms with E-state index < -0.39 is 0 Å². The fraction of sp³-hybridized carbons (Fsp3) is 0.600. The molecule has 1 aromatic carbocycles. The van der Waals surface area contributed by atoms with E-state index >= 15 is 0 Å². The Hall–Kier alpha value is -1.02. The molecule has 0 amide bonds. The van der Waals surface area contributed by atoms with Crippen molar-refractivity contribution in [3.05, 3.63) is 29.8 Å². The number of hydrogen-bond acceptors (Lipinski definition) is 2. The van der Waals surface area contributed by atoms with Crippen molar-refractivity contribution in [3.63, 3.8) is 0 Å². The van der Waals surface area contributed by atoms with Crippen LogP contribution in [-0.2, 0) is 5.41 Å². The molecule has 0 radical (unpaired) electrons. The van der Waals surface area contributed by atoms with Crippen LogP contribution in [0.1, 0.15) is 31.2 Å². The smallest absolute Gasteiger partial charge is 0.0401 e. The highest BCUT2D eigenvalue weighted by Gasteiger charge is 2.37. The molecule has 92 valence electrons. The summed E-state index contributed by atoms with van der Waals surface area (Å²) < 4.78 is 0. The van der Waals surface area contributed by atoms with E-state index in [-0.39, 0.29) is 0 Å². The van der Waals surface area contributed by atoms with E-state index in [1.807, 2.05) is 0 Å². The van der Waals surface area contributed by atoms with Crippen molar-refractivity contribution in [1.29, 1.82) is 0 Å². The van der Waals surface area contributed by atoms with Crippen LogP contribution >= 0.6 is 0 Å². The maximum Gasteiger partial charge on any atom is 0.0401 e. The number of anilines is 1. The van der Waals surface area contributed by atoms with Crippen molar-refractivity contribution in [2.24, 2.45) is 0 Å². The molecule has 0 saturated carbocycles. The van der Waals surface area contributed by atoms with Crippen LogP contribution in [0.15, 0.2) is 24.3 Å². The number of rotatable bonds is 0. The summed E-state index contributed by atoms with van der Waals surface area (Å²) in [6.07, 6.45) is 5.29. The SMILES string of the molecule is CN1CCCC2(CCNCC2)c2ccccc21. The number of piperidine rings is 1. The molecule has 1 spiro atoms. The lowest BCUT2D eigenvalue weighted by molar-refractivity contribution is 0.288. The Morgan fingerprint density at radius 3 is 2.71 bits per heavy atom. The maximum absolute atomic E-state index is 3.51. The van der Waals surface area contributed by atoms with Crippen LogP contribution in [0.25, 0.3) is 0 Å². The Kier molecular flexibility index (Phi) is 2.83. The zero-order valence-corrected chi connectivity index (χ0v) is 10.7. The molecule has 1 aromatic rings. The Balaban J connectivity index is 2.07. The van der Waals surface area contributed by atoms with Crippen LogP contribution < -0.4 is 10.2 Å². The van der Waals surface area contributed by atoms with Gasteiger partial charge in [-0.15, -0.1) is 0 Å². The molecule has 2 nitrogen and oxygen atoms in total. The molecule has 1 saturated heterocycles. The number of nitrogens with one attached hydrogen (secondary N) is 1. The first-order valence-corrected chi connectivity index (χ1v) is 6.83. The lowest BCUT2D eigenvalue weighted by Gasteiger charge is -2.38. The van der Waals surface area contributed by atoms with Gasteiger partial charge in [0.25, 0.3) is 0 Å². The van der Waals surface area contributed by atoms with Crippen LogP contribution in [0.4, 0.5) is 5.69 Å². The molecule has 0 bridgehead atoms. The van der Waals surface area contributed by atoms with Gasteiger partial charge in [0.05, 0.1) is 0 Å². The first-order chi connectivity index (χ1) is 8.32. The van der Waals surface area contributed by atoms with Gasteiger partial charge in [-0.05, 0) is 55.8 Å². The second-order valence-corrected chi connectivity index (χ2v) is 5.57. The summed E-state index contributed by atoms with van der Waals surface area (Å²) in [5.41, 5.74) is 3.51. The molecule has 2 heteroatoms. The maximum atomic E-state index is 3.51. The molecule has 17 heavy (non-hydrogen) atoms. The van der Waals surface area contributed by atoms with Crippen LogP contribution in [0.3, 0.4) is 0 Å². The first kappa shape index (κ1) is 11.1. The summed E-state index contributed by atoms with van der Waals surface area (Å²) in [6, 6.07) is 9.05. The highest BCUT2D eigenvalue weighted by molar-refractivity contribution is 5.57. The first-order valence-electron chi connectivity index (χ1n) is 6.83. The molecule has 0 atom stereocenters. The van der Waals surface area contributed by atoms with Gasteiger partial charge in [-0.3, -0.25) is 0 Å². The van der Waals surface area contributed by atoms with E-state index in [0.29, 0.717) is 5.41 Å². The van der Waals surface area contributed by atoms with Crippen LogP contribution in [0.2, 0.25) is 0 Å². The van der Waals surface area contributed by atoms with E-state index in [9.17, 15) is 0 Å². The third kappa shape index (κ3) is 1.85. The predicted molar refractivity (Wildman–Crippen MR) is 72.7 cm³/mol. The zero-order valence-electron chi connectivity index (χ0n) is 10.7. The Morgan fingerprint density at radius 1 is 1.12 bits per heavy atom. The Bertz CT molecular complexity index is 394. The number of benzene rings is 1. The van der Waals surface area contributed by atoms with E-state index in [1.54, 1.807) is 5.56 Å². The highest BCUT2D eigenvalue weighted by atomic mass is 15.1. The molecule has 2 heterocycles. The van der Waals surface area contributed by atoms with Crippen molar-refractivity contribution >= 4 is 5.69 Å². The topological polar surface area (TPSA) is 15.3 Å². The van der Waals surface area contributed by atoms with Crippen LogP contribution in [0, 0.1) is 0 Å². The lowest BCUT2D eigenvalue weighted by atomic mass is 9.70. The second kappa shape index (κ2) is 4.34. The van der Waals surface area contributed by atoms with Gasteiger partial charge in [-0.25, -0.2) is 0 Å². The van der Waals surface area contributed by atoms with Crippen molar-refractivity contribution in [2.75, 3.05) is 31.6 Å². The average molecular weight is 230 g/mol. The minimum absolute atomic E-state index is 0.451. The van der Waals surface area contributed by atoms with Crippen molar-refractivity contribution in [3.8, 4) is 0 Å². The molecule has 1 fully saturated rings. The highest BCUT2D eigenvalue weighted by Crippen LogP contribution is 2.44. The van der Waals surface area contributed by atoms with E-state index in [2.05, 4.69) is 41.5 Å². The number of nitrogens with zero attached hydrogens (tertiary/aromatic N) is 1. The monoisotopic (exact) mass is 230 g/mol. The summed E-state index contributed by atoms with van der Waals surface area (Å²) in [5, 5.41) is 3.51. The zero-order chi connectivity index (χ0) is 11.7. The van der Waals surface area contributed by atoms with Gasteiger partial charge in [0.1, 0.15) is 0 Å². The number of para-hydroxylation sites is 1. The largest absolute Gasteiger partial charge is 0.374 e. The third-order valence-corrected chi connectivity index (χ3v) is 4.60. The molecule has 2 aliphatic rings. The van der Waals surface area contributed by atoms with Crippen molar-refractivity contribution in [2.45, 2.75) is 31.1 Å². The Labute approximate surface area is 104 Å². The van der Waals surface area contributed by atoms with Gasteiger partial charge in [0.2, 0.25) is 0 Å². The molecule has 3 rings (SSSR count). The van der Waals surface area contributed by atoms with Gasteiger partial charge in [0.15, 0.2) is 0 Å². The third-order valence-electron chi connectivity index (χ3n) is 4.60. The average Bonchev–Trinajstić information content (AvgIpc) is 2.51. The number of hydrogen-bond donors (Lipinski definition) is 1. The van der Waals surface area contributed by atoms with Gasteiger partial charge in [-0.1, -0.05) is 18.2 Å². The molecule has 0 unspecified atom stereocenters. The minimum Gasteiger partial charge on any atom is -0.374 e. The Morgan fingerprint density at radius 2 is 1.88 bits per heavy atom. The van der Waals surface area contributed by atoms with Gasteiger partial charge in [-0.2, -0.15) is 0 Å². The molecular formula is C15H22N2. The lowest BCUT2D eigenvalue weighted by Crippen LogP contribution is -2.39. The quantitative estimate of drug-likeness (QED) is 0.737. The summed E-state index contributed by atoms with van der Waals surface area (Å²) in [4.78, 5) is 2.44. The molecular weight excluding hydrogens is 208 g/mol. The molecule has 2 aliphatic heterocycles. The second-order valence-electron chi connectivity index (χ2n) is 5.57. The predicted octanol–water partition coefficient (Wildman–Crippen LogP) is 2.54. The summed E-state index contributed by atoms with van der Waals surface area (Å²) in [7, 11) is 2.24. The molecule has 0 aromatic heterocycles. The number of fused-ring (bicyclic) bond motifs is 2. The van der Waals surface area contributed by atoms with E-state index in [4.69, 9.17) is 0 Å². The fourth-order valence-electron chi connectivity index (χ4n) is 3.59.